The fourth-order valence-electron chi connectivity index (χ4n) is 3.96. The van der Waals surface area contributed by atoms with Crippen LogP contribution in [-0.4, -0.2) is 44.3 Å². The Balaban J connectivity index is 2.03. The molecule has 0 fully saturated rings. The van der Waals surface area contributed by atoms with Crippen molar-refractivity contribution in [1.82, 2.24) is 10.2 Å². The Labute approximate surface area is 224 Å². The van der Waals surface area contributed by atoms with Crippen LogP contribution in [0.5, 0.6) is 0 Å². The van der Waals surface area contributed by atoms with E-state index in [9.17, 15) is 18.0 Å². The monoisotopic (exact) mass is 541 g/mol. The molecule has 37 heavy (non-hydrogen) atoms. The Kier molecular flexibility index (Phi) is 9.72. The smallest absolute Gasteiger partial charge is 0.264 e. The Morgan fingerprint density at radius 3 is 2.11 bits per heavy atom. The van der Waals surface area contributed by atoms with Gasteiger partial charge in [0, 0.05) is 18.1 Å². The van der Waals surface area contributed by atoms with E-state index in [0.29, 0.717) is 23.7 Å². The molecule has 196 valence electrons. The molecule has 3 rings (SSSR count). The third kappa shape index (κ3) is 7.11. The molecule has 3 aromatic rings. The Morgan fingerprint density at radius 1 is 0.919 bits per heavy atom. The number of nitrogens with one attached hydrogen (secondary N) is 1. The first-order chi connectivity index (χ1) is 17.7. The van der Waals surface area contributed by atoms with Crippen molar-refractivity contribution in [2.24, 2.45) is 0 Å². The van der Waals surface area contributed by atoms with E-state index in [4.69, 9.17) is 11.6 Å². The number of benzene rings is 3. The number of sulfonamides is 1. The number of amides is 2. The van der Waals surface area contributed by atoms with Crippen LogP contribution in [0.25, 0.3) is 0 Å². The van der Waals surface area contributed by atoms with Gasteiger partial charge in [-0.15, -0.1) is 0 Å². The Morgan fingerprint density at radius 2 is 1.54 bits per heavy atom. The van der Waals surface area contributed by atoms with Crippen molar-refractivity contribution in [3.63, 3.8) is 0 Å². The summed E-state index contributed by atoms with van der Waals surface area (Å²) < 4.78 is 28.4. The van der Waals surface area contributed by atoms with Crippen LogP contribution in [0.15, 0.2) is 83.8 Å². The van der Waals surface area contributed by atoms with Gasteiger partial charge in [0.2, 0.25) is 11.8 Å². The summed E-state index contributed by atoms with van der Waals surface area (Å²) in [5, 5.41) is 3.23. The van der Waals surface area contributed by atoms with Gasteiger partial charge in [-0.3, -0.25) is 13.9 Å². The van der Waals surface area contributed by atoms with E-state index >= 15 is 0 Å². The zero-order valence-electron chi connectivity index (χ0n) is 21.2. The molecule has 0 aromatic heterocycles. The third-order valence-electron chi connectivity index (χ3n) is 5.94. The molecule has 9 heteroatoms. The van der Waals surface area contributed by atoms with Crippen molar-refractivity contribution in [2.45, 2.75) is 44.7 Å². The molecule has 0 saturated carbocycles. The zero-order valence-corrected chi connectivity index (χ0v) is 22.8. The molecule has 1 N–H and O–H groups in total. The summed E-state index contributed by atoms with van der Waals surface area (Å²) in [4.78, 5) is 28.3. The Bertz CT molecular complexity index is 1300. The molecule has 0 radical (unpaired) electrons. The van der Waals surface area contributed by atoms with Crippen LogP contribution in [-0.2, 0) is 26.2 Å². The number of carbonyl (C=O) groups excluding carboxylic acids is 2. The van der Waals surface area contributed by atoms with Crippen LogP contribution >= 0.6 is 11.6 Å². The molecule has 0 heterocycles. The number of carbonyl (C=O) groups is 2. The van der Waals surface area contributed by atoms with Gasteiger partial charge in [0.05, 0.1) is 10.6 Å². The number of anilines is 1. The average molecular weight is 542 g/mol. The lowest BCUT2D eigenvalue weighted by Crippen LogP contribution is -2.52. The standard InChI is InChI=1S/C28H32ClN3O4S/c1-4-26(28(34)30-5-2)31(19-22-13-11-21(3)12-14-22)27(33)20-32(24-17-15-23(29)16-18-24)37(35,36)25-9-7-6-8-10-25/h6-18,26H,4-5,19-20H2,1-3H3,(H,30,34)/t26-/m0/s1. The number of rotatable bonds is 11. The van der Waals surface area contributed by atoms with Crippen LogP contribution < -0.4 is 9.62 Å². The summed E-state index contributed by atoms with van der Waals surface area (Å²) in [6, 6.07) is 21.1. The van der Waals surface area contributed by atoms with Gasteiger partial charge in [-0.05, 0) is 62.2 Å². The molecule has 0 bridgehead atoms. The van der Waals surface area contributed by atoms with Crippen LogP contribution in [0, 0.1) is 6.92 Å². The van der Waals surface area contributed by atoms with E-state index in [-0.39, 0.29) is 17.3 Å². The fraction of sp³-hybridized carbons (Fsp3) is 0.286. The molecule has 7 nitrogen and oxygen atoms in total. The highest BCUT2D eigenvalue weighted by molar-refractivity contribution is 7.92. The number of hydrogen-bond acceptors (Lipinski definition) is 4. The second kappa shape index (κ2) is 12.7. The predicted molar refractivity (Wildman–Crippen MR) is 147 cm³/mol. The van der Waals surface area contributed by atoms with Gasteiger partial charge in [-0.2, -0.15) is 0 Å². The topological polar surface area (TPSA) is 86.8 Å². The Hall–Kier alpha value is -3.36. The van der Waals surface area contributed by atoms with Crippen molar-refractivity contribution in [2.75, 3.05) is 17.4 Å². The van der Waals surface area contributed by atoms with Gasteiger partial charge >= 0.3 is 0 Å². The summed E-state index contributed by atoms with van der Waals surface area (Å²) in [6.07, 6.45) is 0.371. The first-order valence-corrected chi connectivity index (χ1v) is 13.9. The van der Waals surface area contributed by atoms with Crippen molar-refractivity contribution >= 4 is 39.1 Å². The second-order valence-electron chi connectivity index (χ2n) is 8.63. The van der Waals surface area contributed by atoms with Crippen LogP contribution in [0.4, 0.5) is 5.69 Å². The summed E-state index contributed by atoms with van der Waals surface area (Å²) in [5.41, 5.74) is 2.20. The largest absolute Gasteiger partial charge is 0.355 e. The minimum Gasteiger partial charge on any atom is -0.355 e. The number of nitrogens with zero attached hydrogens (tertiary/aromatic N) is 2. The molecule has 3 aromatic carbocycles. The molecule has 1 atom stereocenters. The summed E-state index contributed by atoms with van der Waals surface area (Å²) in [5.74, 6) is -0.775. The highest BCUT2D eigenvalue weighted by atomic mass is 35.5. The maximum absolute atomic E-state index is 13.9. The number of aryl methyl sites for hydroxylation is 1. The summed E-state index contributed by atoms with van der Waals surface area (Å²) in [6.45, 7) is 5.70. The van der Waals surface area contributed by atoms with Crippen LogP contribution in [0.1, 0.15) is 31.4 Å². The zero-order chi connectivity index (χ0) is 27.0. The van der Waals surface area contributed by atoms with Gasteiger partial charge in [-0.25, -0.2) is 8.42 Å². The van der Waals surface area contributed by atoms with E-state index in [1.807, 2.05) is 45.0 Å². The van der Waals surface area contributed by atoms with E-state index in [0.717, 1.165) is 15.4 Å². The van der Waals surface area contributed by atoms with Gasteiger partial charge in [0.15, 0.2) is 0 Å². The maximum Gasteiger partial charge on any atom is 0.264 e. The first kappa shape index (κ1) is 28.2. The fourth-order valence-corrected chi connectivity index (χ4v) is 5.52. The van der Waals surface area contributed by atoms with Gasteiger partial charge in [0.1, 0.15) is 12.6 Å². The molecular weight excluding hydrogens is 510 g/mol. The van der Waals surface area contributed by atoms with E-state index < -0.39 is 28.5 Å². The molecule has 0 spiro atoms. The normalized spacial score (nSPS) is 12.0. The number of likely N-dealkylation sites (N-methyl/N-ethyl adjacent to an activating group) is 1. The van der Waals surface area contributed by atoms with E-state index in [1.165, 1.54) is 17.0 Å². The quantitative estimate of drug-likeness (QED) is 0.378. The van der Waals surface area contributed by atoms with Gasteiger partial charge in [0.25, 0.3) is 10.0 Å². The highest BCUT2D eigenvalue weighted by Gasteiger charge is 2.33. The van der Waals surface area contributed by atoms with Crippen molar-refractivity contribution in [1.29, 1.82) is 0 Å². The lowest BCUT2D eigenvalue weighted by molar-refractivity contribution is -0.140. The third-order valence-corrected chi connectivity index (χ3v) is 7.98. The van der Waals surface area contributed by atoms with Crippen molar-refractivity contribution in [3.8, 4) is 0 Å². The van der Waals surface area contributed by atoms with Gasteiger partial charge in [-0.1, -0.05) is 66.6 Å². The average Bonchev–Trinajstić information content (AvgIpc) is 2.89. The van der Waals surface area contributed by atoms with Crippen molar-refractivity contribution in [3.05, 3.63) is 95.0 Å². The molecule has 0 aliphatic rings. The summed E-state index contributed by atoms with van der Waals surface area (Å²) in [7, 11) is -4.09. The maximum atomic E-state index is 13.9. The summed E-state index contributed by atoms with van der Waals surface area (Å²) >= 11 is 6.04. The predicted octanol–water partition coefficient (Wildman–Crippen LogP) is 4.79. The molecule has 0 saturated heterocycles. The highest BCUT2D eigenvalue weighted by Crippen LogP contribution is 2.26. The lowest BCUT2D eigenvalue weighted by Gasteiger charge is -2.33. The second-order valence-corrected chi connectivity index (χ2v) is 10.9. The number of halogens is 1. The molecular formula is C28H32ClN3O4S. The molecule has 0 unspecified atom stereocenters. The van der Waals surface area contributed by atoms with E-state index in [1.54, 1.807) is 42.5 Å². The van der Waals surface area contributed by atoms with Crippen LogP contribution in [0.3, 0.4) is 0 Å². The lowest BCUT2D eigenvalue weighted by atomic mass is 10.1. The molecule has 0 aliphatic carbocycles. The SMILES string of the molecule is CCNC(=O)[C@H](CC)N(Cc1ccc(C)cc1)C(=O)CN(c1ccc(Cl)cc1)S(=O)(=O)c1ccccc1. The molecule has 2 amide bonds. The van der Waals surface area contributed by atoms with Gasteiger partial charge < -0.3 is 10.2 Å². The van der Waals surface area contributed by atoms with Crippen LogP contribution in [0.2, 0.25) is 5.02 Å². The van der Waals surface area contributed by atoms with E-state index in [2.05, 4.69) is 5.32 Å². The number of hydrogen-bond donors (Lipinski definition) is 1. The van der Waals surface area contributed by atoms with Crippen molar-refractivity contribution < 1.29 is 18.0 Å². The minimum atomic E-state index is -4.09. The first-order valence-electron chi connectivity index (χ1n) is 12.1. The minimum absolute atomic E-state index is 0.0543. The molecule has 0 aliphatic heterocycles.